The van der Waals surface area contributed by atoms with Gasteiger partial charge in [-0.1, -0.05) is 52.9 Å². The Kier molecular flexibility index (Phi) is 7.92. The van der Waals surface area contributed by atoms with Gasteiger partial charge >= 0.3 is 0 Å². The van der Waals surface area contributed by atoms with E-state index in [0.717, 1.165) is 26.3 Å². The molecule has 2 heteroatoms. The highest BCUT2D eigenvalue weighted by atomic mass is 16.5. The highest BCUT2D eigenvalue weighted by Crippen LogP contribution is 2.22. The minimum atomic E-state index is 0.524. The van der Waals surface area contributed by atoms with E-state index in [1.54, 1.807) is 0 Å². The fraction of sp³-hybridized carbons (Fsp3) is 1.00. The van der Waals surface area contributed by atoms with Gasteiger partial charge in [0.2, 0.25) is 0 Å². The molecule has 0 spiro atoms. The van der Waals surface area contributed by atoms with Crippen molar-refractivity contribution >= 4 is 0 Å². The Labute approximate surface area is 114 Å². The third-order valence-electron chi connectivity index (χ3n) is 3.75. The maximum atomic E-state index is 5.36. The maximum Gasteiger partial charge on any atom is 0.0594 e. The summed E-state index contributed by atoms with van der Waals surface area (Å²) in [5.41, 5.74) is 0.524. The van der Waals surface area contributed by atoms with Gasteiger partial charge in [0, 0.05) is 13.1 Å². The minimum Gasteiger partial charge on any atom is -0.379 e. The van der Waals surface area contributed by atoms with Crippen LogP contribution >= 0.6 is 0 Å². The van der Waals surface area contributed by atoms with E-state index in [2.05, 4.69) is 25.7 Å². The molecule has 0 aromatic heterocycles. The molecule has 0 bridgehead atoms. The summed E-state index contributed by atoms with van der Waals surface area (Å²) in [6, 6.07) is 0. The van der Waals surface area contributed by atoms with Crippen LogP contribution in [0.2, 0.25) is 0 Å². The molecule has 1 aliphatic heterocycles. The number of rotatable bonds is 8. The molecular formula is C16H33NO. The average molecular weight is 255 g/mol. The summed E-state index contributed by atoms with van der Waals surface area (Å²) in [7, 11) is 0. The average Bonchev–Trinajstić information content (AvgIpc) is 2.32. The van der Waals surface area contributed by atoms with Gasteiger partial charge in [-0.05, 0) is 24.8 Å². The van der Waals surface area contributed by atoms with Gasteiger partial charge in [-0.15, -0.1) is 0 Å². The molecule has 1 saturated heterocycles. The van der Waals surface area contributed by atoms with Crippen LogP contribution in [-0.4, -0.2) is 37.7 Å². The minimum absolute atomic E-state index is 0.524. The maximum absolute atomic E-state index is 5.36. The predicted octanol–water partition coefficient (Wildman–Crippen LogP) is 4.10. The lowest BCUT2D eigenvalue weighted by molar-refractivity contribution is 0.0371. The molecule has 0 aliphatic carbocycles. The van der Waals surface area contributed by atoms with E-state index in [0.29, 0.717) is 5.41 Å². The molecule has 0 aromatic rings. The Morgan fingerprint density at radius 2 is 1.39 bits per heavy atom. The molecule has 0 unspecified atom stereocenters. The van der Waals surface area contributed by atoms with Crippen molar-refractivity contribution in [1.82, 2.24) is 4.90 Å². The quantitative estimate of drug-likeness (QED) is 0.606. The summed E-state index contributed by atoms with van der Waals surface area (Å²) in [4.78, 5) is 2.54. The summed E-state index contributed by atoms with van der Waals surface area (Å²) in [5, 5.41) is 0. The third-order valence-corrected chi connectivity index (χ3v) is 3.75. The normalized spacial score (nSPS) is 18.2. The molecule has 0 saturated carbocycles. The summed E-state index contributed by atoms with van der Waals surface area (Å²) >= 11 is 0. The zero-order chi connectivity index (χ0) is 13.3. The van der Waals surface area contributed by atoms with Crippen molar-refractivity contribution in [3.63, 3.8) is 0 Å². The Hall–Kier alpha value is -0.0800. The van der Waals surface area contributed by atoms with Gasteiger partial charge in [0.05, 0.1) is 13.2 Å². The second-order valence-corrected chi connectivity index (χ2v) is 6.89. The molecule has 0 aromatic carbocycles. The van der Waals surface area contributed by atoms with E-state index in [1.165, 1.54) is 51.5 Å². The number of unbranched alkanes of at least 4 members (excludes halogenated alkanes) is 5. The zero-order valence-corrected chi connectivity index (χ0v) is 12.8. The van der Waals surface area contributed by atoms with Crippen LogP contribution < -0.4 is 0 Å². The first-order chi connectivity index (χ1) is 8.58. The third kappa shape index (κ3) is 8.93. The van der Waals surface area contributed by atoms with Gasteiger partial charge in [-0.3, -0.25) is 4.90 Å². The molecule has 0 atom stereocenters. The highest BCUT2D eigenvalue weighted by Gasteiger charge is 2.10. The van der Waals surface area contributed by atoms with Crippen molar-refractivity contribution in [2.24, 2.45) is 5.41 Å². The summed E-state index contributed by atoms with van der Waals surface area (Å²) in [6.07, 6.45) is 9.85. The standard InChI is InChI=1S/C16H33NO/c1-16(2,3)10-8-6-4-5-7-9-11-17-12-14-18-15-13-17/h4-15H2,1-3H3. The van der Waals surface area contributed by atoms with E-state index < -0.39 is 0 Å². The molecule has 1 rings (SSSR count). The highest BCUT2D eigenvalue weighted by molar-refractivity contribution is 4.62. The molecule has 0 radical (unpaired) electrons. The van der Waals surface area contributed by atoms with Crippen LogP contribution in [0.15, 0.2) is 0 Å². The fourth-order valence-corrected chi connectivity index (χ4v) is 2.52. The van der Waals surface area contributed by atoms with Crippen molar-refractivity contribution in [1.29, 1.82) is 0 Å². The van der Waals surface area contributed by atoms with Gasteiger partial charge < -0.3 is 4.74 Å². The molecule has 1 aliphatic rings. The Bertz CT molecular complexity index is 192. The van der Waals surface area contributed by atoms with Crippen molar-refractivity contribution in [3.05, 3.63) is 0 Å². The van der Waals surface area contributed by atoms with Crippen molar-refractivity contribution in [3.8, 4) is 0 Å². The predicted molar refractivity (Wildman–Crippen MR) is 79.0 cm³/mol. The van der Waals surface area contributed by atoms with E-state index in [1.807, 2.05) is 0 Å². The van der Waals surface area contributed by atoms with Crippen LogP contribution in [0.3, 0.4) is 0 Å². The summed E-state index contributed by atoms with van der Waals surface area (Å²) < 4.78 is 5.36. The van der Waals surface area contributed by atoms with E-state index in [-0.39, 0.29) is 0 Å². The van der Waals surface area contributed by atoms with E-state index in [9.17, 15) is 0 Å². The number of hydrogen-bond acceptors (Lipinski definition) is 2. The van der Waals surface area contributed by atoms with Gasteiger partial charge in [0.15, 0.2) is 0 Å². The van der Waals surface area contributed by atoms with Crippen LogP contribution in [0.5, 0.6) is 0 Å². The second kappa shape index (κ2) is 8.92. The fourth-order valence-electron chi connectivity index (χ4n) is 2.52. The number of hydrogen-bond donors (Lipinski definition) is 0. The lowest BCUT2D eigenvalue weighted by Crippen LogP contribution is -2.36. The zero-order valence-electron chi connectivity index (χ0n) is 12.8. The molecule has 1 heterocycles. The number of morpholine rings is 1. The number of nitrogens with zero attached hydrogens (tertiary/aromatic N) is 1. The van der Waals surface area contributed by atoms with Crippen LogP contribution in [0.25, 0.3) is 0 Å². The smallest absolute Gasteiger partial charge is 0.0594 e. The molecule has 0 N–H and O–H groups in total. The second-order valence-electron chi connectivity index (χ2n) is 6.89. The van der Waals surface area contributed by atoms with Crippen LogP contribution in [0.1, 0.15) is 65.7 Å². The molecule has 2 nitrogen and oxygen atoms in total. The van der Waals surface area contributed by atoms with Crippen molar-refractivity contribution in [2.45, 2.75) is 65.7 Å². The first-order valence-electron chi connectivity index (χ1n) is 7.88. The first-order valence-corrected chi connectivity index (χ1v) is 7.88. The van der Waals surface area contributed by atoms with Gasteiger partial charge in [-0.2, -0.15) is 0 Å². The first kappa shape index (κ1) is 16.0. The van der Waals surface area contributed by atoms with Crippen molar-refractivity contribution < 1.29 is 4.74 Å². The van der Waals surface area contributed by atoms with Crippen LogP contribution in [-0.2, 0) is 4.74 Å². The van der Waals surface area contributed by atoms with Crippen LogP contribution in [0, 0.1) is 5.41 Å². The molecule has 1 fully saturated rings. The Morgan fingerprint density at radius 3 is 2.00 bits per heavy atom. The topological polar surface area (TPSA) is 12.5 Å². The van der Waals surface area contributed by atoms with Crippen molar-refractivity contribution in [2.75, 3.05) is 32.8 Å². The van der Waals surface area contributed by atoms with Gasteiger partial charge in [-0.25, -0.2) is 0 Å². The monoisotopic (exact) mass is 255 g/mol. The molecule has 108 valence electrons. The molecular weight excluding hydrogens is 222 g/mol. The van der Waals surface area contributed by atoms with E-state index in [4.69, 9.17) is 4.74 Å². The largest absolute Gasteiger partial charge is 0.379 e. The Morgan fingerprint density at radius 1 is 0.833 bits per heavy atom. The molecule has 0 amide bonds. The lowest BCUT2D eigenvalue weighted by atomic mass is 9.89. The van der Waals surface area contributed by atoms with Gasteiger partial charge in [0.25, 0.3) is 0 Å². The SMILES string of the molecule is CC(C)(C)CCCCCCCCN1CCOCC1. The van der Waals surface area contributed by atoms with Crippen LogP contribution in [0.4, 0.5) is 0 Å². The van der Waals surface area contributed by atoms with Gasteiger partial charge in [0.1, 0.15) is 0 Å². The lowest BCUT2D eigenvalue weighted by Gasteiger charge is -2.26. The summed E-state index contributed by atoms with van der Waals surface area (Å²) in [6.45, 7) is 12.5. The Balaban J connectivity index is 1.81. The molecule has 18 heavy (non-hydrogen) atoms. The number of ether oxygens (including phenoxy) is 1. The van der Waals surface area contributed by atoms with E-state index >= 15 is 0 Å². The summed E-state index contributed by atoms with van der Waals surface area (Å²) in [5.74, 6) is 0.